The molecule has 4 nitrogen and oxygen atoms in total. The fraction of sp³-hybridized carbons (Fsp3) is 0.923. The molecule has 1 saturated heterocycles. The summed E-state index contributed by atoms with van der Waals surface area (Å²) in [5.74, 6) is -0.0884. The van der Waals surface area contributed by atoms with Crippen molar-refractivity contribution in [2.75, 3.05) is 39.3 Å². The molecular formula is C13H26N2O2. The first-order chi connectivity index (χ1) is 8.19. The van der Waals surface area contributed by atoms with E-state index in [1.165, 1.54) is 19.4 Å². The molecule has 1 heterocycles. The first-order valence-electron chi connectivity index (χ1n) is 6.82. The van der Waals surface area contributed by atoms with Crippen molar-refractivity contribution in [3.63, 3.8) is 0 Å². The minimum Gasteiger partial charge on any atom is -0.465 e. The van der Waals surface area contributed by atoms with Gasteiger partial charge in [0.1, 0.15) is 6.04 Å². The van der Waals surface area contributed by atoms with Crippen LogP contribution < -0.4 is 0 Å². The summed E-state index contributed by atoms with van der Waals surface area (Å²) in [4.78, 5) is 16.3. The van der Waals surface area contributed by atoms with Gasteiger partial charge in [-0.25, -0.2) is 0 Å². The Labute approximate surface area is 105 Å². The molecule has 1 atom stereocenters. The van der Waals surface area contributed by atoms with Crippen molar-refractivity contribution >= 4 is 5.97 Å². The van der Waals surface area contributed by atoms with Gasteiger partial charge in [-0.1, -0.05) is 13.3 Å². The Morgan fingerprint density at radius 1 is 1.24 bits per heavy atom. The highest BCUT2D eigenvalue weighted by molar-refractivity contribution is 5.75. The monoisotopic (exact) mass is 242 g/mol. The van der Waals surface area contributed by atoms with Crippen LogP contribution in [0.5, 0.6) is 0 Å². The van der Waals surface area contributed by atoms with Gasteiger partial charge in [-0.05, 0) is 26.8 Å². The van der Waals surface area contributed by atoms with E-state index in [0.717, 1.165) is 26.2 Å². The lowest BCUT2D eigenvalue weighted by atomic mass is 10.2. The first kappa shape index (κ1) is 14.5. The normalized spacial score (nSPS) is 20.2. The highest BCUT2D eigenvalue weighted by Crippen LogP contribution is 2.08. The molecule has 0 aromatic rings. The fourth-order valence-corrected chi connectivity index (χ4v) is 2.17. The van der Waals surface area contributed by atoms with Crippen molar-refractivity contribution < 1.29 is 9.53 Å². The second kappa shape index (κ2) is 7.67. The molecule has 1 aliphatic heterocycles. The van der Waals surface area contributed by atoms with Crippen molar-refractivity contribution in [1.82, 2.24) is 9.80 Å². The minimum atomic E-state index is -0.0942. The number of carbonyl (C=O) groups excluding carboxylic acids is 1. The van der Waals surface area contributed by atoms with Crippen molar-refractivity contribution in [1.29, 1.82) is 0 Å². The Kier molecular flexibility index (Phi) is 6.52. The lowest BCUT2D eigenvalue weighted by molar-refractivity contribution is -0.149. The van der Waals surface area contributed by atoms with E-state index >= 15 is 0 Å². The van der Waals surface area contributed by atoms with Crippen LogP contribution in [0.3, 0.4) is 0 Å². The van der Waals surface area contributed by atoms with Gasteiger partial charge in [0.05, 0.1) is 6.61 Å². The Morgan fingerprint density at radius 3 is 2.41 bits per heavy atom. The third kappa shape index (κ3) is 4.64. The molecule has 0 aliphatic carbocycles. The molecule has 0 N–H and O–H groups in total. The van der Waals surface area contributed by atoms with Crippen molar-refractivity contribution in [3.05, 3.63) is 0 Å². The molecule has 0 spiro atoms. The molecule has 17 heavy (non-hydrogen) atoms. The van der Waals surface area contributed by atoms with Crippen molar-refractivity contribution in [2.24, 2.45) is 0 Å². The van der Waals surface area contributed by atoms with Gasteiger partial charge in [0.15, 0.2) is 0 Å². The standard InChI is InChI=1S/C13H26N2O2/c1-4-6-7-14-8-10-15(11-9-14)12(3)13(16)17-5-2/h12H,4-11H2,1-3H3. The number of carbonyl (C=O) groups is 1. The maximum Gasteiger partial charge on any atom is 0.323 e. The van der Waals surface area contributed by atoms with Crippen molar-refractivity contribution in [2.45, 2.75) is 39.7 Å². The maximum absolute atomic E-state index is 11.6. The topological polar surface area (TPSA) is 32.8 Å². The van der Waals surface area contributed by atoms with E-state index in [4.69, 9.17) is 4.74 Å². The molecule has 0 saturated carbocycles. The van der Waals surface area contributed by atoms with Crippen LogP contribution in [0.15, 0.2) is 0 Å². The molecule has 0 aromatic carbocycles. The largest absolute Gasteiger partial charge is 0.465 e. The average molecular weight is 242 g/mol. The number of unbranched alkanes of at least 4 members (excludes halogenated alkanes) is 1. The summed E-state index contributed by atoms with van der Waals surface area (Å²) in [5, 5.41) is 0. The second-order valence-corrected chi connectivity index (χ2v) is 4.66. The maximum atomic E-state index is 11.6. The SMILES string of the molecule is CCCCN1CCN(C(C)C(=O)OCC)CC1. The zero-order valence-corrected chi connectivity index (χ0v) is 11.4. The van der Waals surface area contributed by atoms with Crippen LogP contribution in [0.2, 0.25) is 0 Å². The van der Waals surface area contributed by atoms with Crippen LogP contribution in [0, 0.1) is 0 Å². The summed E-state index contributed by atoms with van der Waals surface area (Å²) in [6, 6.07) is -0.0942. The van der Waals surface area contributed by atoms with Crippen LogP contribution >= 0.6 is 0 Å². The lowest BCUT2D eigenvalue weighted by Crippen LogP contribution is -2.52. The number of nitrogens with zero attached hydrogens (tertiary/aromatic N) is 2. The van der Waals surface area contributed by atoms with Gasteiger partial charge in [0, 0.05) is 26.2 Å². The summed E-state index contributed by atoms with van der Waals surface area (Å²) in [6.07, 6.45) is 2.52. The second-order valence-electron chi connectivity index (χ2n) is 4.66. The van der Waals surface area contributed by atoms with E-state index in [9.17, 15) is 4.79 Å². The number of rotatable bonds is 6. The molecular weight excluding hydrogens is 216 g/mol. The van der Waals surface area contributed by atoms with Crippen LogP contribution in [0.1, 0.15) is 33.6 Å². The van der Waals surface area contributed by atoms with Gasteiger partial charge in [-0.15, -0.1) is 0 Å². The highest BCUT2D eigenvalue weighted by atomic mass is 16.5. The Morgan fingerprint density at radius 2 is 1.88 bits per heavy atom. The summed E-state index contributed by atoms with van der Waals surface area (Å²) in [5.41, 5.74) is 0. The molecule has 0 radical (unpaired) electrons. The number of hydrogen-bond acceptors (Lipinski definition) is 4. The molecule has 4 heteroatoms. The summed E-state index contributed by atoms with van der Waals surface area (Å²) in [7, 11) is 0. The number of hydrogen-bond donors (Lipinski definition) is 0. The highest BCUT2D eigenvalue weighted by Gasteiger charge is 2.25. The molecule has 0 bridgehead atoms. The third-order valence-electron chi connectivity index (χ3n) is 3.41. The smallest absolute Gasteiger partial charge is 0.323 e. The van der Waals surface area contributed by atoms with E-state index in [0.29, 0.717) is 6.61 Å². The minimum absolute atomic E-state index is 0.0884. The van der Waals surface area contributed by atoms with E-state index in [1.54, 1.807) is 0 Å². The zero-order chi connectivity index (χ0) is 12.7. The van der Waals surface area contributed by atoms with E-state index in [1.807, 2.05) is 13.8 Å². The van der Waals surface area contributed by atoms with Gasteiger partial charge >= 0.3 is 5.97 Å². The third-order valence-corrected chi connectivity index (χ3v) is 3.41. The summed E-state index contributed by atoms with van der Waals surface area (Å²) < 4.78 is 5.05. The molecule has 0 amide bonds. The summed E-state index contributed by atoms with van der Waals surface area (Å²) in [6.45, 7) is 11.8. The van der Waals surface area contributed by atoms with Crippen LogP contribution in [-0.2, 0) is 9.53 Å². The van der Waals surface area contributed by atoms with Gasteiger partial charge in [0.25, 0.3) is 0 Å². The van der Waals surface area contributed by atoms with Gasteiger partial charge in [0.2, 0.25) is 0 Å². The Balaban J connectivity index is 2.28. The van der Waals surface area contributed by atoms with E-state index in [2.05, 4.69) is 16.7 Å². The quantitative estimate of drug-likeness (QED) is 0.658. The average Bonchev–Trinajstić information content (AvgIpc) is 2.36. The van der Waals surface area contributed by atoms with Crippen molar-refractivity contribution in [3.8, 4) is 0 Å². The summed E-state index contributed by atoms with van der Waals surface area (Å²) >= 11 is 0. The Hall–Kier alpha value is -0.610. The molecule has 1 aliphatic rings. The predicted octanol–water partition coefficient (Wildman–Crippen LogP) is 1.36. The van der Waals surface area contributed by atoms with Crippen LogP contribution in [0.25, 0.3) is 0 Å². The molecule has 0 aromatic heterocycles. The van der Waals surface area contributed by atoms with Gasteiger partial charge in [-0.2, -0.15) is 0 Å². The number of piperazine rings is 1. The van der Waals surface area contributed by atoms with Gasteiger partial charge in [-0.3, -0.25) is 9.69 Å². The molecule has 1 unspecified atom stereocenters. The molecule has 1 rings (SSSR count). The van der Waals surface area contributed by atoms with Gasteiger partial charge < -0.3 is 9.64 Å². The number of ether oxygens (including phenoxy) is 1. The fourth-order valence-electron chi connectivity index (χ4n) is 2.17. The lowest BCUT2D eigenvalue weighted by Gasteiger charge is -2.37. The van der Waals surface area contributed by atoms with Crippen LogP contribution in [0.4, 0.5) is 0 Å². The number of esters is 1. The zero-order valence-electron chi connectivity index (χ0n) is 11.4. The molecule has 100 valence electrons. The Bertz CT molecular complexity index is 225. The first-order valence-corrected chi connectivity index (χ1v) is 6.82. The molecule has 1 fully saturated rings. The van der Waals surface area contributed by atoms with E-state index in [-0.39, 0.29) is 12.0 Å². The van der Waals surface area contributed by atoms with Crippen LogP contribution in [-0.4, -0.2) is 61.1 Å². The predicted molar refractivity (Wildman–Crippen MR) is 69.0 cm³/mol. The van der Waals surface area contributed by atoms with E-state index < -0.39 is 0 Å².